The zero-order chi connectivity index (χ0) is 8.27. The molecule has 11 heavy (non-hydrogen) atoms. The van der Waals surface area contributed by atoms with E-state index >= 15 is 0 Å². The van der Waals surface area contributed by atoms with Gasteiger partial charge in [-0.1, -0.05) is 0 Å². The van der Waals surface area contributed by atoms with Crippen molar-refractivity contribution in [3.8, 4) is 0 Å². The van der Waals surface area contributed by atoms with Crippen molar-refractivity contribution >= 4 is 0 Å². The van der Waals surface area contributed by atoms with Gasteiger partial charge in [-0.05, 0) is 7.05 Å². The monoisotopic (exact) mass is 159 g/mol. The van der Waals surface area contributed by atoms with Crippen molar-refractivity contribution < 1.29 is 9.47 Å². The highest BCUT2D eigenvalue weighted by atomic mass is 16.5. The van der Waals surface area contributed by atoms with Crippen LogP contribution in [0.2, 0.25) is 0 Å². The topological polar surface area (TPSA) is 21.7 Å². The fourth-order valence-electron chi connectivity index (χ4n) is 1.69. The van der Waals surface area contributed by atoms with E-state index in [1.54, 1.807) is 14.2 Å². The lowest BCUT2D eigenvalue weighted by Crippen LogP contribution is -2.24. The van der Waals surface area contributed by atoms with Crippen molar-refractivity contribution in [1.29, 1.82) is 0 Å². The number of rotatable bonds is 3. The zero-order valence-corrected chi connectivity index (χ0v) is 7.54. The highest BCUT2D eigenvalue weighted by Gasteiger charge is 2.30. The molecule has 1 aliphatic heterocycles. The van der Waals surface area contributed by atoms with E-state index in [2.05, 4.69) is 11.9 Å². The Hall–Kier alpha value is -0.120. The van der Waals surface area contributed by atoms with Gasteiger partial charge in [0.2, 0.25) is 0 Å². The molecule has 2 atom stereocenters. The number of ether oxygens (including phenoxy) is 2. The largest absolute Gasteiger partial charge is 0.384 e. The molecule has 0 amide bonds. The molecule has 2 unspecified atom stereocenters. The number of hydrogen-bond donors (Lipinski definition) is 0. The Morgan fingerprint density at radius 2 is 2.09 bits per heavy atom. The van der Waals surface area contributed by atoms with Crippen LogP contribution in [0.3, 0.4) is 0 Å². The number of nitrogens with zero attached hydrogens (tertiary/aromatic N) is 1. The molecule has 1 saturated heterocycles. The first kappa shape index (κ1) is 8.97. The van der Waals surface area contributed by atoms with Crippen LogP contribution in [-0.2, 0) is 9.47 Å². The van der Waals surface area contributed by atoms with E-state index < -0.39 is 0 Å². The lowest BCUT2D eigenvalue weighted by Gasteiger charge is -2.14. The first-order valence-electron chi connectivity index (χ1n) is 3.98. The van der Waals surface area contributed by atoms with Gasteiger partial charge in [-0.2, -0.15) is 0 Å². The second kappa shape index (κ2) is 4.04. The Kier molecular flexibility index (Phi) is 3.30. The van der Waals surface area contributed by atoms with Crippen LogP contribution in [0.25, 0.3) is 0 Å². The third-order valence-electron chi connectivity index (χ3n) is 2.25. The summed E-state index contributed by atoms with van der Waals surface area (Å²) in [5.41, 5.74) is 0. The number of likely N-dealkylation sites (N-methyl/N-ethyl adjacent to an activating group) is 1. The van der Waals surface area contributed by atoms with Crippen molar-refractivity contribution in [2.45, 2.75) is 6.10 Å². The molecule has 3 nitrogen and oxygen atoms in total. The molecule has 0 aromatic heterocycles. The van der Waals surface area contributed by atoms with Crippen LogP contribution in [0.5, 0.6) is 0 Å². The highest BCUT2D eigenvalue weighted by molar-refractivity contribution is 4.82. The average molecular weight is 159 g/mol. The van der Waals surface area contributed by atoms with Gasteiger partial charge in [0, 0.05) is 33.2 Å². The summed E-state index contributed by atoms with van der Waals surface area (Å²) in [5, 5.41) is 0. The van der Waals surface area contributed by atoms with Crippen LogP contribution in [-0.4, -0.2) is 52.0 Å². The molecule has 0 spiro atoms. The summed E-state index contributed by atoms with van der Waals surface area (Å²) in [7, 11) is 5.62. The summed E-state index contributed by atoms with van der Waals surface area (Å²) in [5.74, 6) is 0.551. The third kappa shape index (κ3) is 2.15. The molecule has 66 valence electrons. The Balaban J connectivity index is 2.37. The van der Waals surface area contributed by atoms with Crippen LogP contribution in [0.4, 0.5) is 0 Å². The molecule has 0 radical (unpaired) electrons. The van der Waals surface area contributed by atoms with Gasteiger partial charge in [0.1, 0.15) is 0 Å². The first-order chi connectivity index (χ1) is 5.27. The van der Waals surface area contributed by atoms with E-state index in [-0.39, 0.29) is 0 Å². The predicted molar refractivity (Wildman–Crippen MR) is 43.7 cm³/mol. The van der Waals surface area contributed by atoms with Gasteiger partial charge >= 0.3 is 0 Å². The summed E-state index contributed by atoms with van der Waals surface area (Å²) in [6.07, 6.45) is 0.361. The van der Waals surface area contributed by atoms with Crippen LogP contribution in [0.15, 0.2) is 0 Å². The minimum absolute atomic E-state index is 0.361. The molecule has 0 aromatic rings. The SMILES string of the molecule is COCC1CN(C)CC1OC. The molecule has 1 heterocycles. The standard InChI is InChI=1S/C8H17NO2/c1-9-4-7(6-10-2)8(5-9)11-3/h7-8H,4-6H2,1-3H3. The molecule has 0 aromatic carbocycles. The molecule has 1 rings (SSSR count). The Morgan fingerprint density at radius 1 is 1.36 bits per heavy atom. The molecule has 0 aliphatic carbocycles. The normalized spacial score (nSPS) is 33.0. The molecule has 1 aliphatic rings. The predicted octanol–water partition coefficient (Wildman–Crippen LogP) is 0.209. The molecular formula is C8H17NO2. The summed E-state index contributed by atoms with van der Waals surface area (Å²) in [4.78, 5) is 2.28. The van der Waals surface area contributed by atoms with Gasteiger partial charge in [-0.3, -0.25) is 0 Å². The van der Waals surface area contributed by atoms with E-state index in [4.69, 9.17) is 9.47 Å². The van der Waals surface area contributed by atoms with Crippen molar-refractivity contribution in [3.05, 3.63) is 0 Å². The van der Waals surface area contributed by atoms with Crippen molar-refractivity contribution in [3.63, 3.8) is 0 Å². The van der Waals surface area contributed by atoms with Gasteiger partial charge < -0.3 is 14.4 Å². The van der Waals surface area contributed by atoms with Crippen LogP contribution >= 0.6 is 0 Å². The van der Waals surface area contributed by atoms with E-state index in [0.717, 1.165) is 19.7 Å². The van der Waals surface area contributed by atoms with Gasteiger partial charge in [0.15, 0.2) is 0 Å². The van der Waals surface area contributed by atoms with E-state index in [9.17, 15) is 0 Å². The second-order valence-corrected chi connectivity index (χ2v) is 3.21. The minimum Gasteiger partial charge on any atom is -0.384 e. The number of likely N-dealkylation sites (tertiary alicyclic amines) is 1. The molecular weight excluding hydrogens is 142 g/mol. The van der Waals surface area contributed by atoms with Crippen LogP contribution in [0.1, 0.15) is 0 Å². The molecule has 1 fully saturated rings. The number of hydrogen-bond acceptors (Lipinski definition) is 3. The summed E-state index contributed by atoms with van der Waals surface area (Å²) in [6, 6.07) is 0. The minimum atomic E-state index is 0.361. The zero-order valence-electron chi connectivity index (χ0n) is 7.54. The summed E-state index contributed by atoms with van der Waals surface area (Å²) in [6.45, 7) is 2.93. The fraction of sp³-hybridized carbons (Fsp3) is 1.00. The number of methoxy groups -OCH3 is 2. The average Bonchev–Trinajstić information content (AvgIpc) is 2.32. The molecule has 3 heteroatoms. The van der Waals surface area contributed by atoms with E-state index in [1.165, 1.54) is 0 Å². The van der Waals surface area contributed by atoms with E-state index in [1.807, 2.05) is 0 Å². The highest BCUT2D eigenvalue weighted by Crippen LogP contribution is 2.17. The lowest BCUT2D eigenvalue weighted by atomic mass is 10.1. The maximum atomic E-state index is 5.33. The van der Waals surface area contributed by atoms with Crippen LogP contribution in [0, 0.1) is 5.92 Å². The Bertz CT molecular complexity index is 119. The van der Waals surface area contributed by atoms with Crippen molar-refractivity contribution in [2.75, 3.05) is 41.0 Å². The van der Waals surface area contributed by atoms with Gasteiger partial charge in [-0.25, -0.2) is 0 Å². The quantitative estimate of drug-likeness (QED) is 0.587. The molecule has 0 N–H and O–H groups in total. The first-order valence-corrected chi connectivity index (χ1v) is 3.98. The van der Waals surface area contributed by atoms with Crippen LogP contribution < -0.4 is 0 Å². The third-order valence-corrected chi connectivity index (χ3v) is 2.25. The van der Waals surface area contributed by atoms with E-state index in [0.29, 0.717) is 12.0 Å². The Morgan fingerprint density at radius 3 is 2.64 bits per heavy atom. The van der Waals surface area contributed by atoms with Gasteiger partial charge in [0.05, 0.1) is 12.7 Å². The Labute approximate surface area is 68.3 Å². The maximum Gasteiger partial charge on any atom is 0.0760 e. The summed E-state index contributed by atoms with van der Waals surface area (Å²) >= 11 is 0. The second-order valence-electron chi connectivity index (χ2n) is 3.21. The van der Waals surface area contributed by atoms with Gasteiger partial charge in [0.25, 0.3) is 0 Å². The molecule has 0 bridgehead atoms. The lowest BCUT2D eigenvalue weighted by molar-refractivity contribution is 0.0432. The van der Waals surface area contributed by atoms with Gasteiger partial charge in [-0.15, -0.1) is 0 Å². The smallest absolute Gasteiger partial charge is 0.0760 e. The molecule has 0 saturated carbocycles. The summed E-state index contributed by atoms with van der Waals surface area (Å²) < 4.78 is 10.4. The maximum absolute atomic E-state index is 5.33. The van der Waals surface area contributed by atoms with Crippen molar-refractivity contribution in [1.82, 2.24) is 4.90 Å². The fourth-order valence-corrected chi connectivity index (χ4v) is 1.69. The van der Waals surface area contributed by atoms with Crippen molar-refractivity contribution in [2.24, 2.45) is 5.92 Å².